The van der Waals surface area contributed by atoms with E-state index in [1.807, 2.05) is 6.07 Å². The molecule has 5 heteroatoms. The van der Waals surface area contributed by atoms with Crippen molar-refractivity contribution in [1.29, 1.82) is 0 Å². The average molecular weight is 305 g/mol. The van der Waals surface area contributed by atoms with E-state index in [0.29, 0.717) is 13.0 Å². The van der Waals surface area contributed by atoms with Gasteiger partial charge in [0.2, 0.25) is 5.91 Å². The van der Waals surface area contributed by atoms with Crippen molar-refractivity contribution >= 4 is 5.91 Å². The van der Waals surface area contributed by atoms with Crippen LogP contribution in [0.3, 0.4) is 0 Å². The van der Waals surface area contributed by atoms with Crippen molar-refractivity contribution < 1.29 is 9.53 Å². The largest absolute Gasteiger partial charge is 0.380 e. The van der Waals surface area contributed by atoms with Crippen LogP contribution in [0.1, 0.15) is 24.8 Å². The van der Waals surface area contributed by atoms with Gasteiger partial charge in [0.15, 0.2) is 0 Å². The highest BCUT2D eigenvalue weighted by atomic mass is 16.5. The lowest BCUT2D eigenvalue weighted by atomic mass is 10.0. The van der Waals surface area contributed by atoms with Gasteiger partial charge in [-0.3, -0.25) is 9.69 Å². The van der Waals surface area contributed by atoms with E-state index in [1.165, 1.54) is 5.56 Å². The van der Waals surface area contributed by atoms with Crippen molar-refractivity contribution in [3.8, 4) is 0 Å². The third kappa shape index (κ3) is 5.40. The molecule has 5 nitrogen and oxygen atoms in total. The molecule has 0 aliphatic carbocycles. The van der Waals surface area contributed by atoms with Gasteiger partial charge < -0.3 is 15.8 Å². The quantitative estimate of drug-likeness (QED) is 0.792. The number of likely N-dealkylation sites (tertiary alicyclic amines) is 1. The first-order valence-corrected chi connectivity index (χ1v) is 7.99. The van der Waals surface area contributed by atoms with Crippen LogP contribution in [0.2, 0.25) is 0 Å². The van der Waals surface area contributed by atoms with E-state index in [-0.39, 0.29) is 18.1 Å². The van der Waals surface area contributed by atoms with E-state index in [0.717, 1.165) is 32.5 Å². The molecule has 122 valence electrons. The van der Waals surface area contributed by atoms with E-state index >= 15 is 0 Å². The summed E-state index contributed by atoms with van der Waals surface area (Å²) in [7, 11) is 1.59. The fourth-order valence-corrected chi connectivity index (χ4v) is 2.91. The maximum atomic E-state index is 12.0. The second-order valence-electron chi connectivity index (χ2n) is 5.92. The van der Waals surface area contributed by atoms with Crippen LogP contribution in [0.4, 0.5) is 0 Å². The van der Waals surface area contributed by atoms with Gasteiger partial charge in [-0.1, -0.05) is 30.3 Å². The third-order valence-corrected chi connectivity index (χ3v) is 4.13. The van der Waals surface area contributed by atoms with Gasteiger partial charge in [0, 0.05) is 32.8 Å². The van der Waals surface area contributed by atoms with Crippen LogP contribution in [0.15, 0.2) is 30.3 Å². The fourth-order valence-electron chi connectivity index (χ4n) is 2.91. The number of hydrogen-bond acceptors (Lipinski definition) is 4. The number of benzene rings is 1. The summed E-state index contributed by atoms with van der Waals surface area (Å²) in [6.45, 7) is 3.30. The molecule has 0 saturated carbocycles. The summed E-state index contributed by atoms with van der Waals surface area (Å²) in [6.07, 6.45) is 2.30. The lowest BCUT2D eigenvalue weighted by molar-refractivity contribution is -0.124. The molecular formula is C17H27N3O2. The zero-order valence-corrected chi connectivity index (χ0v) is 13.3. The van der Waals surface area contributed by atoms with Crippen LogP contribution >= 0.6 is 0 Å². The Labute approximate surface area is 132 Å². The summed E-state index contributed by atoms with van der Waals surface area (Å²) in [5.74, 6) is 0.0314. The number of methoxy groups -OCH3 is 1. The van der Waals surface area contributed by atoms with Crippen molar-refractivity contribution in [2.45, 2.75) is 38.0 Å². The minimum atomic E-state index is -0.191. The molecule has 3 N–H and O–H groups in total. The maximum Gasteiger partial charge on any atom is 0.222 e. The predicted octanol–water partition coefficient (Wildman–Crippen LogP) is 1.13. The van der Waals surface area contributed by atoms with Crippen LogP contribution in [-0.2, 0) is 16.1 Å². The first-order chi connectivity index (χ1) is 10.7. The number of amides is 1. The van der Waals surface area contributed by atoms with Crippen molar-refractivity contribution in [3.05, 3.63) is 35.9 Å². The molecule has 2 atom stereocenters. The van der Waals surface area contributed by atoms with Crippen LogP contribution < -0.4 is 11.1 Å². The maximum absolute atomic E-state index is 12.0. The van der Waals surface area contributed by atoms with Gasteiger partial charge in [-0.2, -0.15) is 0 Å². The molecule has 22 heavy (non-hydrogen) atoms. The minimum absolute atomic E-state index is 0.0314. The van der Waals surface area contributed by atoms with Crippen molar-refractivity contribution in [3.63, 3.8) is 0 Å². The average Bonchev–Trinajstić information content (AvgIpc) is 2.54. The number of rotatable bonds is 7. The molecule has 0 bridgehead atoms. The van der Waals surface area contributed by atoms with Crippen LogP contribution in [-0.4, -0.2) is 49.7 Å². The summed E-state index contributed by atoms with van der Waals surface area (Å²) < 4.78 is 5.16. The SMILES string of the molecule is COC(CN)CC(=O)NC1CCCN(Cc2ccccc2)C1. The molecule has 2 rings (SSSR count). The van der Waals surface area contributed by atoms with Crippen LogP contribution in [0.5, 0.6) is 0 Å². The molecule has 1 aliphatic heterocycles. The number of ether oxygens (including phenoxy) is 1. The molecule has 1 aromatic carbocycles. The van der Waals surface area contributed by atoms with Gasteiger partial charge in [-0.25, -0.2) is 0 Å². The number of nitrogens with one attached hydrogen (secondary N) is 1. The second-order valence-corrected chi connectivity index (χ2v) is 5.92. The molecule has 1 aromatic rings. The van der Waals surface area contributed by atoms with E-state index in [2.05, 4.69) is 34.5 Å². The van der Waals surface area contributed by atoms with Crippen LogP contribution in [0.25, 0.3) is 0 Å². The van der Waals surface area contributed by atoms with Gasteiger partial charge in [0.1, 0.15) is 0 Å². The number of carbonyl (C=O) groups is 1. The fraction of sp³-hybridized carbons (Fsp3) is 0.588. The normalized spacial score (nSPS) is 20.5. The number of nitrogens with two attached hydrogens (primary N) is 1. The number of nitrogens with zero attached hydrogens (tertiary/aromatic N) is 1. The van der Waals surface area contributed by atoms with Crippen molar-refractivity contribution in [2.24, 2.45) is 5.73 Å². The van der Waals surface area contributed by atoms with E-state index in [9.17, 15) is 4.79 Å². The highest BCUT2D eigenvalue weighted by Crippen LogP contribution is 2.14. The Morgan fingerprint density at radius 3 is 2.91 bits per heavy atom. The van der Waals surface area contributed by atoms with Crippen LogP contribution in [0, 0.1) is 0 Å². The molecule has 1 heterocycles. The number of piperidine rings is 1. The molecule has 1 aliphatic rings. The van der Waals surface area contributed by atoms with E-state index < -0.39 is 0 Å². The van der Waals surface area contributed by atoms with Crippen molar-refractivity contribution in [1.82, 2.24) is 10.2 Å². The minimum Gasteiger partial charge on any atom is -0.380 e. The Morgan fingerprint density at radius 1 is 1.45 bits per heavy atom. The summed E-state index contributed by atoms with van der Waals surface area (Å²) in [4.78, 5) is 14.4. The lowest BCUT2D eigenvalue weighted by Crippen LogP contribution is -2.48. The molecular weight excluding hydrogens is 278 g/mol. The molecule has 0 spiro atoms. The Bertz CT molecular complexity index is 448. The molecule has 1 fully saturated rings. The number of carbonyl (C=O) groups excluding carboxylic acids is 1. The second kappa shape index (κ2) is 8.88. The predicted molar refractivity (Wildman–Crippen MR) is 87.4 cm³/mol. The molecule has 0 aromatic heterocycles. The monoisotopic (exact) mass is 305 g/mol. The Balaban J connectivity index is 1.79. The Kier molecular flexibility index (Phi) is 6.83. The Hall–Kier alpha value is -1.43. The highest BCUT2D eigenvalue weighted by molar-refractivity contribution is 5.76. The summed E-state index contributed by atoms with van der Waals surface area (Å²) in [6, 6.07) is 10.7. The van der Waals surface area contributed by atoms with E-state index in [1.54, 1.807) is 7.11 Å². The lowest BCUT2D eigenvalue weighted by Gasteiger charge is -2.33. The van der Waals surface area contributed by atoms with Gasteiger partial charge in [-0.05, 0) is 24.9 Å². The van der Waals surface area contributed by atoms with Gasteiger partial charge in [0.05, 0.1) is 12.5 Å². The van der Waals surface area contributed by atoms with Crippen molar-refractivity contribution in [2.75, 3.05) is 26.7 Å². The summed E-state index contributed by atoms with van der Waals surface area (Å²) in [5.41, 5.74) is 6.88. The standard InChI is InChI=1S/C17H27N3O2/c1-22-16(11-18)10-17(21)19-15-8-5-9-20(13-15)12-14-6-3-2-4-7-14/h2-4,6-7,15-16H,5,8-13,18H2,1H3,(H,19,21). The molecule has 0 radical (unpaired) electrons. The zero-order chi connectivity index (χ0) is 15.8. The van der Waals surface area contributed by atoms with Gasteiger partial charge >= 0.3 is 0 Å². The zero-order valence-electron chi connectivity index (χ0n) is 13.3. The Morgan fingerprint density at radius 2 is 2.23 bits per heavy atom. The van der Waals surface area contributed by atoms with Gasteiger partial charge in [0.25, 0.3) is 0 Å². The van der Waals surface area contributed by atoms with E-state index in [4.69, 9.17) is 10.5 Å². The smallest absolute Gasteiger partial charge is 0.222 e. The first kappa shape index (κ1) is 16.9. The topological polar surface area (TPSA) is 67.6 Å². The molecule has 1 amide bonds. The molecule has 1 saturated heterocycles. The third-order valence-electron chi connectivity index (χ3n) is 4.13. The highest BCUT2D eigenvalue weighted by Gasteiger charge is 2.22. The first-order valence-electron chi connectivity index (χ1n) is 7.99. The molecule has 2 unspecified atom stereocenters. The summed E-state index contributed by atoms with van der Waals surface area (Å²) in [5, 5.41) is 3.12. The van der Waals surface area contributed by atoms with Gasteiger partial charge in [-0.15, -0.1) is 0 Å². The summed E-state index contributed by atoms with van der Waals surface area (Å²) >= 11 is 0. The number of hydrogen-bond donors (Lipinski definition) is 2.